The van der Waals surface area contributed by atoms with Crippen LogP contribution >= 0.6 is 0 Å². The average molecular weight is 260 g/mol. The molecule has 0 radical (unpaired) electrons. The molecule has 0 atom stereocenters. The summed E-state index contributed by atoms with van der Waals surface area (Å²) in [5.74, 6) is -1.06. The monoisotopic (exact) mass is 260 g/mol. The van der Waals surface area contributed by atoms with Gasteiger partial charge in [-0.1, -0.05) is 32.9 Å². The van der Waals surface area contributed by atoms with Crippen molar-refractivity contribution in [1.82, 2.24) is 5.32 Å². The quantitative estimate of drug-likeness (QED) is 0.785. The van der Waals surface area contributed by atoms with E-state index in [1.807, 2.05) is 12.1 Å². The van der Waals surface area contributed by atoms with Crippen LogP contribution in [0.3, 0.4) is 0 Å². The molecule has 0 aromatic heterocycles. The van der Waals surface area contributed by atoms with Gasteiger partial charge < -0.3 is 0 Å². The minimum absolute atomic E-state index is 0.00264. The number of carbonyl (C=O) groups is 3. The lowest BCUT2D eigenvalue weighted by molar-refractivity contribution is -0.128. The van der Waals surface area contributed by atoms with Crippen LogP contribution in [0.4, 0.5) is 10.5 Å². The number of imide groups is 2. The summed E-state index contributed by atoms with van der Waals surface area (Å²) in [7, 11) is 0. The molecule has 1 aromatic rings. The number of urea groups is 1. The van der Waals surface area contributed by atoms with Crippen LogP contribution < -0.4 is 10.2 Å². The van der Waals surface area contributed by atoms with Crippen LogP contribution in [0.5, 0.6) is 0 Å². The number of hydrogen-bond donors (Lipinski definition) is 1. The second-order valence-electron chi connectivity index (χ2n) is 5.56. The minimum atomic E-state index is -0.690. The van der Waals surface area contributed by atoms with Crippen molar-refractivity contribution >= 4 is 23.5 Å². The van der Waals surface area contributed by atoms with Crippen molar-refractivity contribution in [2.45, 2.75) is 32.6 Å². The number of carbonyl (C=O) groups excluding carboxylic acids is 3. The highest BCUT2D eigenvalue weighted by molar-refractivity contribution is 6.26. The van der Waals surface area contributed by atoms with Gasteiger partial charge in [0.05, 0.1) is 5.69 Å². The smallest absolute Gasteiger partial charge is 0.277 e. The first kappa shape index (κ1) is 13.3. The minimum Gasteiger partial charge on any atom is -0.277 e. The van der Waals surface area contributed by atoms with E-state index in [0.717, 1.165) is 10.5 Å². The molecule has 0 aliphatic carbocycles. The van der Waals surface area contributed by atoms with Gasteiger partial charge in [-0.15, -0.1) is 0 Å². The largest absolute Gasteiger partial charge is 0.335 e. The Bertz CT molecular complexity index is 521. The highest BCUT2D eigenvalue weighted by Gasteiger charge is 2.32. The molecule has 1 fully saturated rings. The molecule has 0 saturated carbocycles. The topological polar surface area (TPSA) is 66.5 Å². The van der Waals surface area contributed by atoms with Gasteiger partial charge in [0.2, 0.25) is 11.8 Å². The number of barbiturate groups is 1. The highest BCUT2D eigenvalue weighted by Crippen LogP contribution is 2.25. The first-order valence-electron chi connectivity index (χ1n) is 6.06. The standard InChI is InChI=1S/C14H16N2O3/c1-14(2,3)9-4-6-10(7-5-9)16-12(18)8-11(17)15-13(16)19/h4-7H,8H2,1-3H3,(H,15,17,19). The molecule has 1 heterocycles. The van der Waals surface area contributed by atoms with Crippen LogP contribution in [0.25, 0.3) is 0 Å². The summed E-state index contributed by atoms with van der Waals surface area (Å²) in [6.45, 7) is 6.25. The van der Waals surface area contributed by atoms with E-state index in [1.165, 1.54) is 0 Å². The summed E-state index contributed by atoms with van der Waals surface area (Å²) in [4.78, 5) is 35.5. The molecular formula is C14H16N2O3. The second kappa shape index (κ2) is 4.50. The lowest BCUT2D eigenvalue weighted by atomic mass is 9.87. The van der Waals surface area contributed by atoms with Gasteiger partial charge in [-0.2, -0.15) is 0 Å². The van der Waals surface area contributed by atoms with Gasteiger partial charge >= 0.3 is 6.03 Å². The van der Waals surface area contributed by atoms with E-state index in [9.17, 15) is 14.4 Å². The fraction of sp³-hybridized carbons (Fsp3) is 0.357. The third-order valence-electron chi connectivity index (χ3n) is 3.00. The Hall–Kier alpha value is -2.17. The van der Waals surface area contributed by atoms with Gasteiger partial charge in [0.25, 0.3) is 0 Å². The maximum absolute atomic E-state index is 11.7. The Labute approximate surface area is 111 Å². The van der Waals surface area contributed by atoms with E-state index in [1.54, 1.807) is 12.1 Å². The zero-order valence-corrected chi connectivity index (χ0v) is 11.2. The molecule has 2 rings (SSSR count). The normalized spacial score (nSPS) is 16.6. The van der Waals surface area contributed by atoms with Crippen LogP contribution in [-0.2, 0) is 15.0 Å². The lowest BCUT2D eigenvalue weighted by Gasteiger charge is -2.26. The summed E-state index contributed by atoms with van der Waals surface area (Å²) >= 11 is 0. The Morgan fingerprint density at radius 1 is 1.05 bits per heavy atom. The molecular weight excluding hydrogens is 244 g/mol. The average Bonchev–Trinajstić information content (AvgIpc) is 2.27. The molecule has 1 N–H and O–H groups in total. The van der Waals surface area contributed by atoms with Crippen molar-refractivity contribution < 1.29 is 14.4 Å². The Balaban J connectivity index is 2.30. The molecule has 5 nitrogen and oxygen atoms in total. The summed E-state index contributed by atoms with van der Waals surface area (Å²) in [5, 5.41) is 2.13. The van der Waals surface area contributed by atoms with Crippen LogP contribution in [0.1, 0.15) is 32.8 Å². The lowest BCUT2D eigenvalue weighted by Crippen LogP contribution is -2.52. The van der Waals surface area contributed by atoms with Gasteiger partial charge in [-0.3, -0.25) is 14.9 Å². The Kier molecular flexibility index (Phi) is 3.14. The summed E-state index contributed by atoms with van der Waals surface area (Å²) in [6, 6.07) is 6.50. The van der Waals surface area contributed by atoms with Crippen LogP contribution in [0, 0.1) is 0 Å². The third-order valence-corrected chi connectivity index (χ3v) is 3.00. The maximum atomic E-state index is 11.7. The fourth-order valence-corrected chi connectivity index (χ4v) is 1.92. The first-order valence-corrected chi connectivity index (χ1v) is 6.06. The molecule has 5 heteroatoms. The zero-order valence-electron chi connectivity index (χ0n) is 11.2. The molecule has 1 aliphatic rings. The number of benzene rings is 1. The van der Waals surface area contributed by atoms with Crippen molar-refractivity contribution in [3.05, 3.63) is 29.8 Å². The van der Waals surface area contributed by atoms with Crippen LogP contribution in [-0.4, -0.2) is 17.8 Å². The maximum Gasteiger partial charge on any atom is 0.335 e. The summed E-state index contributed by atoms with van der Waals surface area (Å²) < 4.78 is 0. The van der Waals surface area contributed by atoms with E-state index in [-0.39, 0.29) is 11.8 Å². The molecule has 0 spiro atoms. The number of anilines is 1. The molecule has 4 amide bonds. The van der Waals surface area contributed by atoms with E-state index in [0.29, 0.717) is 5.69 Å². The second-order valence-corrected chi connectivity index (χ2v) is 5.56. The van der Waals surface area contributed by atoms with E-state index in [4.69, 9.17) is 0 Å². The summed E-state index contributed by atoms with van der Waals surface area (Å²) in [6.07, 6.45) is -0.299. The van der Waals surface area contributed by atoms with Crippen LogP contribution in [0.15, 0.2) is 24.3 Å². The highest BCUT2D eigenvalue weighted by atomic mass is 16.2. The molecule has 1 aliphatic heterocycles. The SMILES string of the molecule is CC(C)(C)c1ccc(N2C(=O)CC(=O)NC2=O)cc1. The third kappa shape index (κ3) is 2.65. The molecule has 100 valence electrons. The predicted octanol–water partition coefficient (Wildman–Crippen LogP) is 1.96. The van der Waals surface area contributed by atoms with Crippen LogP contribution in [0.2, 0.25) is 0 Å². The zero-order chi connectivity index (χ0) is 14.2. The van der Waals surface area contributed by atoms with Gasteiger partial charge in [0.1, 0.15) is 6.42 Å². The van der Waals surface area contributed by atoms with Gasteiger partial charge in [0, 0.05) is 0 Å². The van der Waals surface area contributed by atoms with Gasteiger partial charge in [0.15, 0.2) is 0 Å². The van der Waals surface area contributed by atoms with Crippen molar-refractivity contribution in [3.63, 3.8) is 0 Å². The van der Waals surface area contributed by atoms with Gasteiger partial charge in [-0.05, 0) is 23.1 Å². The van der Waals surface area contributed by atoms with E-state index in [2.05, 4.69) is 26.1 Å². The van der Waals surface area contributed by atoms with E-state index >= 15 is 0 Å². The molecule has 1 aromatic carbocycles. The van der Waals surface area contributed by atoms with E-state index < -0.39 is 17.8 Å². The number of nitrogens with zero attached hydrogens (tertiary/aromatic N) is 1. The number of hydrogen-bond acceptors (Lipinski definition) is 3. The molecule has 19 heavy (non-hydrogen) atoms. The van der Waals surface area contributed by atoms with Crippen molar-refractivity contribution in [2.75, 3.05) is 4.90 Å². The van der Waals surface area contributed by atoms with Crippen molar-refractivity contribution in [3.8, 4) is 0 Å². The molecule has 0 bridgehead atoms. The number of nitrogens with one attached hydrogen (secondary N) is 1. The van der Waals surface area contributed by atoms with Gasteiger partial charge in [-0.25, -0.2) is 9.69 Å². The summed E-state index contributed by atoms with van der Waals surface area (Å²) in [5.41, 5.74) is 1.59. The molecule has 1 saturated heterocycles. The predicted molar refractivity (Wildman–Crippen MR) is 70.8 cm³/mol. The van der Waals surface area contributed by atoms with Crippen molar-refractivity contribution in [1.29, 1.82) is 0 Å². The first-order chi connectivity index (χ1) is 8.79. The fourth-order valence-electron chi connectivity index (χ4n) is 1.92. The van der Waals surface area contributed by atoms with Crippen molar-refractivity contribution in [2.24, 2.45) is 0 Å². The Morgan fingerprint density at radius 2 is 1.63 bits per heavy atom. The Morgan fingerprint density at radius 3 is 2.11 bits per heavy atom. The number of rotatable bonds is 1. The molecule has 0 unspecified atom stereocenters. The number of amides is 4.